The average Bonchev–Trinajstić information content (AvgIpc) is 2.67. The number of amides is 2. The third-order valence-corrected chi connectivity index (χ3v) is 5.17. The van der Waals surface area contributed by atoms with Crippen LogP contribution in [0.3, 0.4) is 0 Å². The van der Waals surface area contributed by atoms with Crippen molar-refractivity contribution in [2.45, 2.75) is 6.92 Å². The van der Waals surface area contributed by atoms with Crippen LogP contribution < -0.4 is 25.6 Å². The van der Waals surface area contributed by atoms with Gasteiger partial charge >= 0.3 is 0 Å². The molecule has 0 spiro atoms. The topological polar surface area (TPSA) is 88.7 Å². The van der Waals surface area contributed by atoms with Crippen molar-refractivity contribution in [3.05, 3.63) is 56.5 Å². The molecule has 0 fully saturated rings. The van der Waals surface area contributed by atoms with Crippen molar-refractivity contribution < 1.29 is 19.1 Å². The van der Waals surface area contributed by atoms with E-state index in [1.807, 2.05) is 19.1 Å². The maximum Gasteiger partial charge on any atom is 0.276 e. The molecule has 0 aliphatic heterocycles. The van der Waals surface area contributed by atoms with E-state index in [1.165, 1.54) is 7.11 Å². The standard InChI is InChI=1S/C18H17Br2N3O4S/c1-10-7-12(4-5-13(10)19)27-9-16(24)22-23-18(28)21-17(25)11-3-6-15(26-2)14(20)8-11/h3-8H,9H2,1-2H3,(H,22,24)(H2,21,23,25,28). The molecule has 0 heterocycles. The number of ether oxygens (including phenoxy) is 2. The van der Waals surface area contributed by atoms with Crippen LogP contribution in [0.2, 0.25) is 0 Å². The third-order valence-electron chi connectivity index (χ3n) is 3.46. The lowest BCUT2D eigenvalue weighted by Gasteiger charge is -2.12. The first kappa shape index (κ1) is 22.1. The average molecular weight is 531 g/mol. The second-order valence-electron chi connectivity index (χ2n) is 5.51. The quantitative estimate of drug-likeness (QED) is 0.406. The van der Waals surface area contributed by atoms with Crippen LogP contribution in [0.5, 0.6) is 11.5 Å². The van der Waals surface area contributed by atoms with Crippen molar-refractivity contribution in [2.75, 3.05) is 13.7 Å². The molecule has 7 nitrogen and oxygen atoms in total. The predicted octanol–water partition coefficient (Wildman–Crippen LogP) is 3.24. The van der Waals surface area contributed by atoms with Gasteiger partial charge < -0.3 is 9.47 Å². The van der Waals surface area contributed by atoms with E-state index < -0.39 is 11.8 Å². The number of hydrazine groups is 1. The molecular weight excluding hydrogens is 514 g/mol. The molecule has 3 N–H and O–H groups in total. The molecule has 2 aromatic carbocycles. The van der Waals surface area contributed by atoms with Crippen molar-refractivity contribution in [1.29, 1.82) is 0 Å². The molecule has 2 aromatic rings. The van der Waals surface area contributed by atoms with Gasteiger partial charge in [-0.1, -0.05) is 15.9 Å². The molecule has 2 rings (SSSR count). The van der Waals surface area contributed by atoms with Crippen LogP contribution in [0.4, 0.5) is 0 Å². The zero-order valence-electron chi connectivity index (χ0n) is 15.0. The molecule has 148 valence electrons. The van der Waals surface area contributed by atoms with Gasteiger partial charge in [-0.2, -0.15) is 0 Å². The van der Waals surface area contributed by atoms with Crippen LogP contribution in [0.1, 0.15) is 15.9 Å². The summed E-state index contributed by atoms with van der Waals surface area (Å²) >= 11 is 11.7. The number of hydrogen-bond acceptors (Lipinski definition) is 5. The zero-order chi connectivity index (χ0) is 20.7. The summed E-state index contributed by atoms with van der Waals surface area (Å²) in [6.07, 6.45) is 0. The number of halogens is 2. The Morgan fingerprint density at radius 2 is 1.82 bits per heavy atom. The minimum absolute atomic E-state index is 0.0511. The van der Waals surface area contributed by atoms with E-state index >= 15 is 0 Å². The Hall–Kier alpha value is -2.17. The normalized spacial score (nSPS) is 10.0. The van der Waals surface area contributed by atoms with Crippen LogP contribution in [-0.4, -0.2) is 30.6 Å². The number of thiocarbonyl (C=S) groups is 1. The molecule has 0 unspecified atom stereocenters. The maximum atomic E-state index is 12.2. The highest BCUT2D eigenvalue weighted by atomic mass is 79.9. The number of rotatable bonds is 5. The Morgan fingerprint density at radius 3 is 2.46 bits per heavy atom. The number of nitrogens with one attached hydrogen (secondary N) is 3. The van der Waals surface area contributed by atoms with Crippen LogP contribution in [-0.2, 0) is 4.79 Å². The molecule has 0 aliphatic carbocycles. The van der Waals surface area contributed by atoms with Gasteiger partial charge in [-0.25, -0.2) is 0 Å². The highest BCUT2D eigenvalue weighted by Gasteiger charge is 2.11. The lowest BCUT2D eigenvalue weighted by Crippen LogP contribution is -2.49. The lowest BCUT2D eigenvalue weighted by molar-refractivity contribution is -0.123. The predicted molar refractivity (Wildman–Crippen MR) is 116 cm³/mol. The van der Waals surface area contributed by atoms with Gasteiger partial charge in [-0.15, -0.1) is 0 Å². The molecule has 0 saturated carbocycles. The van der Waals surface area contributed by atoms with Gasteiger partial charge in [0.15, 0.2) is 11.7 Å². The van der Waals surface area contributed by atoms with E-state index in [-0.39, 0.29) is 11.7 Å². The number of aryl methyl sites for hydroxylation is 1. The first-order chi connectivity index (χ1) is 13.3. The fraction of sp³-hybridized carbons (Fsp3) is 0.167. The minimum atomic E-state index is -0.454. The Morgan fingerprint density at radius 1 is 1.07 bits per heavy atom. The van der Waals surface area contributed by atoms with Crippen LogP contribution in [0.15, 0.2) is 45.3 Å². The number of carbonyl (C=O) groups excluding carboxylic acids is 2. The van der Waals surface area contributed by atoms with Crippen molar-refractivity contribution in [3.63, 3.8) is 0 Å². The Balaban J connectivity index is 1.78. The van der Waals surface area contributed by atoms with Crippen LogP contribution in [0.25, 0.3) is 0 Å². The summed E-state index contributed by atoms with van der Waals surface area (Å²) in [5, 5.41) is 2.41. The monoisotopic (exact) mass is 529 g/mol. The summed E-state index contributed by atoms with van der Waals surface area (Å²) in [6.45, 7) is 1.71. The van der Waals surface area contributed by atoms with Gasteiger partial charge in [0.2, 0.25) is 0 Å². The van der Waals surface area contributed by atoms with Gasteiger partial charge in [0, 0.05) is 10.0 Å². The van der Waals surface area contributed by atoms with Gasteiger partial charge in [0.05, 0.1) is 11.6 Å². The van der Waals surface area contributed by atoms with Gasteiger partial charge in [-0.05, 0) is 77.0 Å². The van der Waals surface area contributed by atoms with E-state index in [2.05, 4.69) is 48.0 Å². The molecule has 0 atom stereocenters. The SMILES string of the molecule is COc1ccc(C(=O)NC(=S)NNC(=O)COc2ccc(Br)c(C)c2)cc1Br. The molecule has 0 bridgehead atoms. The highest BCUT2D eigenvalue weighted by Crippen LogP contribution is 2.25. The number of methoxy groups -OCH3 is 1. The first-order valence-corrected chi connectivity index (χ1v) is 9.92. The van der Waals surface area contributed by atoms with Crippen molar-refractivity contribution in [1.82, 2.24) is 16.2 Å². The van der Waals surface area contributed by atoms with E-state index in [4.69, 9.17) is 21.7 Å². The summed E-state index contributed by atoms with van der Waals surface area (Å²) in [5.74, 6) is 0.281. The molecule has 2 amide bonds. The van der Waals surface area contributed by atoms with E-state index in [0.29, 0.717) is 21.5 Å². The fourth-order valence-electron chi connectivity index (χ4n) is 2.03. The second kappa shape index (κ2) is 10.4. The second-order valence-corrected chi connectivity index (χ2v) is 7.62. The highest BCUT2D eigenvalue weighted by molar-refractivity contribution is 9.10. The fourth-order valence-corrected chi connectivity index (χ4v) is 2.96. The van der Waals surface area contributed by atoms with Gasteiger partial charge in [0.25, 0.3) is 11.8 Å². The number of carbonyl (C=O) groups is 2. The smallest absolute Gasteiger partial charge is 0.276 e. The molecule has 10 heteroatoms. The lowest BCUT2D eigenvalue weighted by atomic mass is 10.2. The molecule has 0 aliphatic rings. The summed E-state index contributed by atoms with van der Waals surface area (Å²) in [7, 11) is 1.53. The first-order valence-electron chi connectivity index (χ1n) is 7.93. The molecule has 0 radical (unpaired) electrons. The maximum absolute atomic E-state index is 12.2. The summed E-state index contributed by atoms with van der Waals surface area (Å²) in [4.78, 5) is 24.0. The van der Waals surface area contributed by atoms with Crippen molar-refractivity contribution in [2.24, 2.45) is 0 Å². The van der Waals surface area contributed by atoms with E-state index in [9.17, 15) is 9.59 Å². The third kappa shape index (κ3) is 6.47. The zero-order valence-corrected chi connectivity index (χ0v) is 19.0. The van der Waals surface area contributed by atoms with Gasteiger partial charge in [-0.3, -0.25) is 25.8 Å². The van der Waals surface area contributed by atoms with Crippen LogP contribution in [0, 0.1) is 6.92 Å². The van der Waals surface area contributed by atoms with E-state index in [0.717, 1.165) is 10.0 Å². The van der Waals surface area contributed by atoms with Crippen molar-refractivity contribution in [3.8, 4) is 11.5 Å². The molecule has 28 heavy (non-hydrogen) atoms. The summed E-state index contributed by atoms with van der Waals surface area (Å²) < 4.78 is 12.1. The van der Waals surface area contributed by atoms with Crippen LogP contribution >= 0.6 is 44.1 Å². The molecule has 0 saturated heterocycles. The molecule has 0 aromatic heterocycles. The Bertz CT molecular complexity index is 908. The summed E-state index contributed by atoms with van der Waals surface area (Å²) in [5.41, 5.74) is 6.17. The largest absolute Gasteiger partial charge is 0.496 e. The minimum Gasteiger partial charge on any atom is -0.496 e. The molecular formula is C18H17Br2N3O4S. The summed E-state index contributed by atoms with van der Waals surface area (Å²) in [6, 6.07) is 10.2. The Kier molecular flexibility index (Phi) is 8.21. The van der Waals surface area contributed by atoms with E-state index in [1.54, 1.807) is 24.3 Å². The number of hydrogen-bond donors (Lipinski definition) is 3. The Labute approximate surface area is 184 Å². The van der Waals surface area contributed by atoms with Gasteiger partial charge in [0.1, 0.15) is 11.5 Å². The number of benzene rings is 2. The van der Waals surface area contributed by atoms with Crippen molar-refractivity contribution >= 4 is 61.0 Å².